The monoisotopic (exact) mass is 316 g/mol. The highest BCUT2D eigenvalue weighted by Gasteiger charge is 2.14. The lowest BCUT2D eigenvalue weighted by Gasteiger charge is -2.12. The van der Waals surface area contributed by atoms with Gasteiger partial charge in [0.15, 0.2) is 0 Å². The van der Waals surface area contributed by atoms with Crippen LogP contribution in [0.1, 0.15) is 30.1 Å². The second-order valence-corrected chi connectivity index (χ2v) is 7.09. The van der Waals surface area contributed by atoms with Crippen LogP contribution in [-0.2, 0) is 9.84 Å². The summed E-state index contributed by atoms with van der Waals surface area (Å²) in [5.41, 5.74) is 0.405. The van der Waals surface area contributed by atoms with Gasteiger partial charge in [-0.15, -0.1) is 0 Å². The fourth-order valence-electron chi connectivity index (χ4n) is 1.77. The van der Waals surface area contributed by atoms with Crippen LogP contribution < -0.4 is 10.6 Å². The smallest absolute Gasteiger partial charge is 0.253 e. The number of hydrogen-bond donors (Lipinski definition) is 2. The normalized spacial score (nSPS) is 11.2. The van der Waals surface area contributed by atoms with E-state index in [-0.39, 0.29) is 23.5 Å². The van der Waals surface area contributed by atoms with Gasteiger partial charge < -0.3 is 10.6 Å². The van der Waals surface area contributed by atoms with E-state index in [1.165, 1.54) is 18.2 Å². The Labute approximate surface area is 124 Å². The maximum absolute atomic E-state index is 13.8. The number of amides is 1. The Morgan fingerprint density at radius 3 is 2.62 bits per heavy atom. The molecule has 0 aliphatic carbocycles. The third-order valence-corrected chi connectivity index (χ3v) is 3.82. The molecule has 5 nitrogen and oxygen atoms in total. The minimum absolute atomic E-state index is 0.0113. The van der Waals surface area contributed by atoms with E-state index in [0.717, 1.165) is 12.7 Å². The molecule has 2 N–H and O–H groups in total. The van der Waals surface area contributed by atoms with Gasteiger partial charge in [0.1, 0.15) is 15.7 Å². The van der Waals surface area contributed by atoms with Crippen LogP contribution in [0.15, 0.2) is 18.2 Å². The molecule has 0 heterocycles. The SMILES string of the molecule is CCCNc1c(F)cccc1C(=O)NCCCS(C)(=O)=O. The molecule has 7 heteroatoms. The van der Waals surface area contributed by atoms with E-state index >= 15 is 0 Å². The largest absolute Gasteiger partial charge is 0.382 e. The molecule has 0 fully saturated rings. The Kier molecular flexibility index (Phi) is 6.61. The van der Waals surface area contributed by atoms with Gasteiger partial charge >= 0.3 is 0 Å². The summed E-state index contributed by atoms with van der Waals surface area (Å²) in [5, 5.41) is 5.50. The zero-order valence-corrected chi connectivity index (χ0v) is 13.1. The van der Waals surface area contributed by atoms with Gasteiger partial charge in [-0.2, -0.15) is 0 Å². The van der Waals surface area contributed by atoms with Crippen LogP contribution in [-0.4, -0.2) is 39.4 Å². The van der Waals surface area contributed by atoms with Crippen LogP contribution in [0.2, 0.25) is 0 Å². The molecule has 0 saturated carbocycles. The maximum Gasteiger partial charge on any atom is 0.253 e. The van der Waals surface area contributed by atoms with Gasteiger partial charge in [0.05, 0.1) is 17.0 Å². The number of rotatable bonds is 8. The molecule has 1 aromatic rings. The van der Waals surface area contributed by atoms with E-state index in [2.05, 4.69) is 10.6 Å². The maximum atomic E-state index is 13.8. The van der Waals surface area contributed by atoms with E-state index in [1.807, 2.05) is 6.92 Å². The number of hydrogen-bond acceptors (Lipinski definition) is 4. The van der Waals surface area contributed by atoms with Crippen LogP contribution in [0.5, 0.6) is 0 Å². The fourth-order valence-corrected chi connectivity index (χ4v) is 2.44. The van der Waals surface area contributed by atoms with Gasteiger partial charge in [-0.25, -0.2) is 12.8 Å². The van der Waals surface area contributed by atoms with Gasteiger partial charge in [0.25, 0.3) is 5.91 Å². The van der Waals surface area contributed by atoms with E-state index in [9.17, 15) is 17.6 Å². The molecule has 0 radical (unpaired) electrons. The Bertz CT molecular complexity index is 588. The first-order valence-corrected chi connectivity index (χ1v) is 8.89. The number of para-hydroxylation sites is 1. The van der Waals surface area contributed by atoms with E-state index in [1.54, 1.807) is 0 Å². The molecule has 1 aromatic carbocycles. The summed E-state index contributed by atoms with van der Waals surface area (Å²) in [6.45, 7) is 2.74. The molecule has 0 atom stereocenters. The highest BCUT2D eigenvalue weighted by molar-refractivity contribution is 7.90. The van der Waals surface area contributed by atoms with Crippen molar-refractivity contribution in [1.82, 2.24) is 5.32 Å². The van der Waals surface area contributed by atoms with Crippen molar-refractivity contribution < 1.29 is 17.6 Å². The summed E-state index contributed by atoms with van der Waals surface area (Å²) < 4.78 is 35.7. The molecule has 0 aliphatic heterocycles. The van der Waals surface area contributed by atoms with Crippen molar-refractivity contribution >= 4 is 21.4 Å². The summed E-state index contributed by atoms with van der Waals surface area (Å²) in [6.07, 6.45) is 2.29. The van der Waals surface area contributed by atoms with Crippen molar-refractivity contribution in [2.45, 2.75) is 19.8 Å². The minimum atomic E-state index is -3.04. The van der Waals surface area contributed by atoms with Crippen molar-refractivity contribution in [3.05, 3.63) is 29.6 Å². The average Bonchev–Trinajstić information content (AvgIpc) is 2.40. The minimum Gasteiger partial charge on any atom is -0.382 e. The molecule has 0 spiro atoms. The molecule has 0 bridgehead atoms. The summed E-state index contributed by atoms with van der Waals surface area (Å²) >= 11 is 0. The number of halogens is 1. The molecule has 1 rings (SSSR count). The molecule has 1 amide bonds. The van der Waals surface area contributed by atoms with Crippen LogP contribution in [0, 0.1) is 5.82 Å². The Morgan fingerprint density at radius 1 is 1.29 bits per heavy atom. The second kappa shape index (κ2) is 7.97. The third-order valence-electron chi connectivity index (χ3n) is 2.79. The Hall–Kier alpha value is -1.63. The molecule has 0 aromatic heterocycles. The zero-order chi connectivity index (χ0) is 15.9. The summed E-state index contributed by atoms with van der Waals surface area (Å²) in [4.78, 5) is 12.0. The topological polar surface area (TPSA) is 75.3 Å². The Morgan fingerprint density at radius 2 is 2.00 bits per heavy atom. The van der Waals surface area contributed by atoms with Gasteiger partial charge in [0.2, 0.25) is 0 Å². The molecular weight excluding hydrogens is 295 g/mol. The van der Waals surface area contributed by atoms with Gasteiger partial charge in [-0.1, -0.05) is 13.0 Å². The first kappa shape index (κ1) is 17.4. The van der Waals surface area contributed by atoms with Crippen molar-refractivity contribution in [2.75, 3.05) is 30.4 Å². The molecule has 21 heavy (non-hydrogen) atoms. The van der Waals surface area contributed by atoms with Crippen LogP contribution in [0.4, 0.5) is 10.1 Å². The fraction of sp³-hybridized carbons (Fsp3) is 0.500. The van der Waals surface area contributed by atoms with E-state index < -0.39 is 21.6 Å². The summed E-state index contributed by atoms with van der Waals surface area (Å²) in [6, 6.07) is 4.29. The quantitative estimate of drug-likeness (QED) is 0.717. The van der Waals surface area contributed by atoms with Crippen LogP contribution in [0.3, 0.4) is 0 Å². The molecule has 0 aliphatic rings. The standard InChI is InChI=1S/C14H21FN2O3S/c1-3-8-16-13-11(6-4-7-12(13)15)14(18)17-9-5-10-21(2,19)20/h4,6-7,16H,3,5,8-10H2,1-2H3,(H,17,18). The number of carbonyl (C=O) groups is 1. The van der Waals surface area contributed by atoms with Gasteiger partial charge in [0, 0.05) is 19.3 Å². The number of benzene rings is 1. The van der Waals surface area contributed by atoms with Crippen molar-refractivity contribution in [2.24, 2.45) is 0 Å². The van der Waals surface area contributed by atoms with Crippen LogP contribution >= 0.6 is 0 Å². The zero-order valence-electron chi connectivity index (χ0n) is 12.3. The lowest BCUT2D eigenvalue weighted by atomic mass is 10.1. The number of carbonyl (C=O) groups excluding carboxylic acids is 1. The van der Waals surface area contributed by atoms with Gasteiger partial charge in [-0.3, -0.25) is 4.79 Å². The van der Waals surface area contributed by atoms with Crippen molar-refractivity contribution in [3.63, 3.8) is 0 Å². The van der Waals surface area contributed by atoms with E-state index in [0.29, 0.717) is 13.0 Å². The number of nitrogens with one attached hydrogen (secondary N) is 2. The average molecular weight is 316 g/mol. The van der Waals surface area contributed by atoms with Gasteiger partial charge in [-0.05, 0) is 25.0 Å². The first-order chi connectivity index (χ1) is 9.85. The summed E-state index contributed by atoms with van der Waals surface area (Å²) in [7, 11) is -3.04. The molecular formula is C14H21FN2O3S. The molecule has 0 saturated heterocycles. The third kappa shape index (κ3) is 6.12. The number of anilines is 1. The lowest BCUT2D eigenvalue weighted by molar-refractivity contribution is 0.0954. The predicted octanol–water partition coefficient (Wildman–Crippen LogP) is 1.81. The van der Waals surface area contributed by atoms with E-state index in [4.69, 9.17) is 0 Å². The molecule has 0 unspecified atom stereocenters. The predicted molar refractivity (Wildman–Crippen MR) is 81.8 cm³/mol. The highest BCUT2D eigenvalue weighted by Crippen LogP contribution is 2.19. The molecule has 118 valence electrons. The number of sulfone groups is 1. The first-order valence-electron chi connectivity index (χ1n) is 6.83. The van der Waals surface area contributed by atoms with Crippen molar-refractivity contribution in [1.29, 1.82) is 0 Å². The van der Waals surface area contributed by atoms with Crippen LogP contribution in [0.25, 0.3) is 0 Å². The Balaban J connectivity index is 2.67. The lowest BCUT2D eigenvalue weighted by Crippen LogP contribution is -2.27. The second-order valence-electron chi connectivity index (χ2n) is 4.83. The van der Waals surface area contributed by atoms with Crippen molar-refractivity contribution in [3.8, 4) is 0 Å². The highest BCUT2D eigenvalue weighted by atomic mass is 32.2. The summed E-state index contributed by atoms with van der Waals surface area (Å²) in [5.74, 6) is -0.883.